The van der Waals surface area contributed by atoms with Gasteiger partial charge in [-0.15, -0.1) is 0 Å². The molecule has 2 N–H and O–H groups in total. The lowest BCUT2D eigenvalue weighted by Crippen LogP contribution is -2.45. The summed E-state index contributed by atoms with van der Waals surface area (Å²) in [7, 11) is 0. The summed E-state index contributed by atoms with van der Waals surface area (Å²) in [5.41, 5.74) is 2.05. The van der Waals surface area contributed by atoms with Crippen molar-refractivity contribution in [1.82, 2.24) is 15.1 Å². The van der Waals surface area contributed by atoms with Crippen LogP contribution in [0, 0.1) is 6.92 Å². The Morgan fingerprint density at radius 1 is 1.00 bits per heavy atom. The van der Waals surface area contributed by atoms with Gasteiger partial charge in [-0.25, -0.2) is 4.99 Å². The maximum Gasteiger partial charge on any atom is 0.258 e. The van der Waals surface area contributed by atoms with Crippen molar-refractivity contribution in [3.8, 4) is 0 Å². The average molecular weight is 544 g/mol. The molecule has 0 aliphatic carbocycles. The second-order valence-electron chi connectivity index (χ2n) is 9.41. The molecule has 1 atom stereocenters. The summed E-state index contributed by atoms with van der Waals surface area (Å²) in [5.74, 6) is -0.536. The van der Waals surface area contributed by atoms with Crippen molar-refractivity contribution in [2.45, 2.75) is 45.1 Å². The molecule has 0 saturated carbocycles. The number of carbonyl (C=O) groups excluding carboxylic acids is 3. The summed E-state index contributed by atoms with van der Waals surface area (Å²) in [5, 5.41) is 6.54. The monoisotopic (exact) mass is 543 g/mol. The molecule has 0 spiro atoms. The number of halogens is 2. The highest BCUT2D eigenvalue weighted by atomic mass is 35.5. The molecule has 2 aliphatic rings. The number of benzene rings is 2. The van der Waals surface area contributed by atoms with E-state index in [4.69, 9.17) is 23.2 Å². The van der Waals surface area contributed by atoms with Crippen LogP contribution in [-0.4, -0.2) is 65.7 Å². The van der Waals surface area contributed by atoms with Crippen LogP contribution in [0.3, 0.4) is 0 Å². The fourth-order valence-electron chi connectivity index (χ4n) is 4.52. The molecule has 4 rings (SSSR count). The second-order valence-corrected chi connectivity index (χ2v) is 10.2. The van der Waals surface area contributed by atoms with Crippen molar-refractivity contribution < 1.29 is 14.4 Å². The highest BCUT2D eigenvalue weighted by Crippen LogP contribution is 2.23. The Balaban J connectivity index is 1.56. The highest BCUT2D eigenvalue weighted by molar-refractivity contribution is 6.42. The Morgan fingerprint density at radius 2 is 1.76 bits per heavy atom. The van der Waals surface area contributed by atoms with Gasteiger partial charge in [0.05, 0.1) is 16.6 Å². The average Bonchev–Trinajstić information content (AvgIpc) is 3.36. The predicted octanol–water partition coefficient (Wildman–Crippen LogP) is 4.50. The van der Waals surface area contributed by atoms with Gasteiger partial charge >= 0.3 is 0 Å². The van der Waals surface area contributed by atoms with Gasteiger partial charge in [0.25, 0.3) is 5.91 Å². The Hall–Kier alpha value is -3.10. The highest BCUT2D eigenvalue weighted by Gasteiger charge is 2.30. The minimum atomic E-state index is -0.727. The number of nitrogens with one attached hydrogen (secondary N) is 2. The van der Waals surface area contributed by atoms with E-state index in [1.54, 1.807) is 17.0 Å². The van der Waals surface area contributed by atoms with E-state index in [1.165, 1.54) is 6.07 Å². The Labute approximate surface area is 227 Å². The molecular formula is C27H31Cl2N5O3. The zero-order valence-corrected chi connectivity index (χ0v) is 22.3. The molecule has 2 aromatic rings. The SMILES string of the molecule is Cc1cccc(NC(=NC2CCCCN(CC(=O)N3CCCC3)C2=O)NC(=O)c2ccc(Cl)c(Cl)c2)c1. The van der Waals surface area contributed by atoms with Crippen LogP contribution >= 0.6 is 23.2 Å². The van der Waals surface area contributed by atoms with E-state index in [1.807, 2.05) is 36.1 Å². The zero-order chi connectivity index (χ0) is 26.4. The van der Waals surface area contributed by atoms with Crippen LogP contribution in [0.1, 0.15) is 48.0 Å². The van der Waals surface area contributed by atoms with Gasteiger partial charge in [0, 0.05) is 30.9 Å². The first-order valence-electron chi connectivity index (χ1n) is 12.5. The molecule has 2 heterocycles. The second kappa shape index (κ2) is 12.4. The van der Waals surface area contributed by atoms with E-state index in [2.05, 4.69) is 15.6 Å². The fraction of sp³-hybridized carbons (Fsp3) is 0.407. The fourth-order valence-corrected chi connectivity index (χ4v) is 4.82. The molecule has 2 fully saturated rings. The van der Waals surface area contributed by atoms with Crippen molar-refractivity contribution in [2.24, 2.45) is 4.99 Å². The lowest BCUT2D eigenvalue weighted by atomic mass is 10.1. The summed E-state index contributed by atoms with van der Waals surface area (Å²) in [6.45, 7) is 4.02. The molecule has 0 radical (unpaired) electrons. The van der Waals surface area contributed by atoms with E-state index < -0.39 is 11.9 Å². The number of guanidine groups is 1. The number of hydrogen-bond acceptors (Lipinski definition) is 4. The third kappa shape index (κ3) is 7.23. The van der Waals surface area contributed by atoms with Gasteiger partial charge in [0.2, 0.25) is 17.8 Å². The Morgan fingerprint density at radius 3 is 2.49 bits per heavy atom. The number of anilines is 1. The summed E-state index contributed by atoms with van der Waals surface area (Å²) < 4.78 is 0. The molecular weight excluding hydrogens is 513 g/mol. The van der Waals surface area contributed by atoms with Gasteiger partial charge in [-0.3, -0.25) is 19.7 Å². The molecule has 0 bridgehead atoms. The summed E-state index contributed by atoms with van der Waals surface area (Å²) in [6.07, 6.45) is 4.10. The van der Waals surface area contributed by atoms with Gasteiger partial charge in [-0.2, -0.15) is 0 Å². The van der Waals surface area contributed by atoms with Crippen molar-refractivity contribution in [1.29, 1.82) is 0 Å². The number of aryl methyl sites for hydroxylation is 1. The van der Waals surface area contributed by atoms with Crippen LogP contribution in [0.4, 0.5) is 5.69 Å². The van der Waals surface area contributed by atoms with Gasteiger partial charge < -0.3 is 15.1 Å². The quantitative estimate of drug-likeness (QED) is 0.428. The van der Waals surface area contributed by atoms with Crippen molar-refractivity contribution >= 4 is 52.6 Å². The smallest absolute Gasteiger partial charge is 0.258 e. The first kappa shape index (κ1) is 26.9. The summed E-state index contributed by atoms with van der Waals surface area (Å²) in [6, 6.07) is 11.5. The molecule has 2 saturated heterocycles. The first-order valence-corrected chi connectivity index (χ1v) is 13.3. The van der Waals surface area contributed by atoms with E-state index in [-0.39, 0.29) is 29.3 Å². The first-order chi connectivity index (χ1) is 17.8. The summed E-state index contributed by atoms with van der Waals surface area (Å²) >= 11 is 12.1. The zero-order valence-electron chi connectivity index (χ0n) is 20.8. The lowest BCUT2D eigenvalue weighted by molar-refractivity contribution is -0.140. The third-order valence-electron chi connectivity index (χ3n) is 6.52. The number of likely N-dealkylation sites (tertiary alicyclic amines) is 2. The van der Waals surface area contributed by atoms with Crippen LogP contribution in [0.25, 0.3) is 0 Å². The topological polar surface area (TPSA) is 94.1 Å². The number of rotatable bonds is 5. The maximum absolute atomic E-state index is 13.5. The molecule has 0 aromatic heterocycles. The van der Waals surface area contributed by atoms with E-state index >= 15 is 0 Å². The lowest BCUT2D eigenvalue weighted by Gasteiger charge is -2.25. The minimum Gasteiger partial charge on any atom is -0.341 e. The predicted molar refractivity (Wildman–Crippen MR) is 146 cm³/mol. The van der Waals surface area contributed by atoms with Crippen molar-refractivity contribution in [2.75, 3.05) is 31.5 Å². The van der Waals surface area contributed by atoms with Crippen LogP contribution in [0.15, 0.2) is 47.5 Å². The van der Waals surface area contributed by atoms with E-state index in [9.17, 15) is 14.4 Å². The third-order valence-corrected chi connectivity index (χ3v) is 7.26. The maximum atomic E-state index is 13.5. The van der Waals surface area contributed by atoms with E-state index in [0.29, 0.717) is 23.6 Å². The van der Waals surface area contributed by atoms with Crippen molar-refractivity contribution in [3.05, 3.63) is 63.6 Å². The van der Waals surface area contributed by atoms with Gasteiger partial charge in [0.15, 0.2) is 0 Å². The Kier molecular flexibility index (Phi) is 9.05. The number of amides is 3. The largest absolute Gasteiger partial charge is 0.341 e. The van der Waals surface area contributed by atoms with Crippen LogP contribution in [-0.2, 0) is 9.59 Å². The number of aliphatic imine (C=N–C) groups is 1. The molecule has 37 heavy (non-hydrogen) atoms. The van der Waals surface area contributed by atoms with Gasteiger partial charge in [-0.1, -0.05) is 35.3 Å². The Bertz CT molecular complexity index is 1200. The van der Waals surface area contributed by atoms with Gasteiger partial charge in [0.1, 0.15) is 6.04 Å². The van der Waals surface area contributed by atoms with Crippen LogP contribution in [0.2, 0.25) is 10.0 Å². The van der Waals surface area contributed by atoms with E-state index in [0.717, 1.165) is 50.0 Å². The number of carbonyl (C=O) groups is 3. The minimum absolute atomic E-state index is 0.0264. The molecule has 196 valence electrons. The molecule has 2 aliphatic heterocycles. The normalized spacial score (nSPS) is 18.5. The molecule has 1 unspecified atom stereocenters. The van der Waals surface area contributed by atoms with Crippen LogP contribution in [0.5, 0.6) is 0 Å². The molecule has 8 nitrogen and oxygen atoms in total. The standard InChI is InChI=1S/C27H31Cl2N5O3/c1-18-7-6-8-20(15-18)30-27(32-25(36)19-10-11-21(28)22(29)16-19)31-23-9-2-3-14-34(26(23)37)17-24(35)33-12-4-5-13-33/h6-8,10-11,15-16,23H,2-5,9,12-14,17H2,1H3,(H2,30,31,32,36). The molecule has 10 heteroatoms. The number of hydrogen-bond donors (Lipinski definition) is 2. The van der Waals surface area contributed by atoms with Gasteiger partial charge in [-0.05, 0) is 74.9 Å². The molecule has 3 amide bonds. The van der Waals surface area contributed by atoms with Crippen molar-refractivity contribution in [3.63, 3.8) is 0 Å². The number of nitrogens with zero attached hydrogens (tertiary/aromatic N) is 3. The molecule has 2 aromatic carbocycles. The summed E-state index contributed by atoms with van der Waals surface area (Å²) in [4.78, 5) is 47.3. The van der Waals surface area contributed by atoms with Crippen LogP contribution < -0.4 is 10.6 Å².